The van der Waals surface area contributed by atoms with Crippen LogP contribution in [0.25, 0.3) is 10.2 Å². The largest absolute Gasteiger partial charge is 0.497 e. The molecule has 1 unspecified atom stereocenters. The molecule has 0 saturated carbocycles. The highest BCUT2D eigenvalue weighted by Crippen LogP contribution is 2.28. The summed E-state index contributed by atoms with van der Waals surface area (Å²) < 4.78 is 6.46. The quantitative estimate of drug-likeness (QED) is 0.941. The highest BCUT2D eigenvalue weighted by molar-refractivity contribution is 7.18. The van der Waals surface area contributed by atoms with Crippen LogP contribution >= 0.6 is 11.3 Å². The van der Waals surface area contributed by atoms with Crippen molar-refractivity contribution in [1.82, 2.24) is 9.88 Å². The van der Waals surface area contributed by atoms with Gasteiger partial charge in [0.15, 0.2) is 0 Å². The van der Waals surface area contributed by atoms with Crippen molar-refractivity contribution in [2.45, 2.75) is 31.8 Å². The molecule has 1 aromatic carbocycles. The molecule has 5 heteroatoms. The molecule has 2 aromatic rings. The summed E-state index contributed by atoms with van der Waals surface area (Å²) in [4.78, 5) is 7.22. The first-order valence-corrected chi connectivity index (χ1v) is 7.99. The first-order chi connectivity index (χ1) is 9.80. The van der Waals surface area contributed by atoms with Crippen molar-refractivity contribution >= 4 is 21.6 Å². The average molecular weight is 291 g/mol. The second kappa shape index (κ2) is 6.08. The van der Waals surface area contributed by atoms with Crippen LogP contribution < -0.4 is 10.5 Å². The molecule has 0 bridgehead atoms. The number of ether oxygens (including phenoxy) is 1. The van der Waals surface area contributed by atoms with E-state index in [1.165, 1.54) is 29.0 Å². The third-order valence-corrected chi connectivity index (χ3v) is 5.00. The van der Waals surface area contributed by atoms with Gasteiger partial charge in [-0.05, 0) is 37.6 Å². The van der Waals surface area contributed by atoms with Gasteiger partial charge in [0.25, 0.3) is 0 Å². The molecule has 20 heavy (non-hydrogen) atoms. The van der Waals surface area contributed by atoms with E-state index < -0.39 is 0 Å². The number of nitrogens with two attached hydrogens (primary N) is 1. The van der Waals surface area contributed by atoms with Gasteiger partial charge in [-0.3, -0.25) is 4.90 Å². The smallest absolute Gasteiger partial charge is 0.120 e. The molecule has 0 radical (unpaired) electrons. The number of fused-ring (bicyclic) bond motifs is 1. The van der Waals surface area contributed by atoms with E-state index >= 15 is 0 Å². The van der Waals surface area contributed by atoms with E-state index in [2.05, 4.69) is 11.0 Å². The number of piperidine rings is 1. The summed E-state index contributed by atoms with van der Waals surface area (Å²) in [6.07, 6.45) is 3.79. The van der Waals surface area contributed by atoms with Gasteiger partial charge >= 0.3 is 0 Å². The van der Waals surface area contributed by atoms with Crippen molar-refractivity contribution in [2.75, 3.05) is 20.2 Å². The maximum atomic E-state index is 5.89. The summed E-state index contributed by atoms with van der Waals surface area (Å²) in [6, 6.07) is 6.58. The number of thiazole rings is 1. The van der Waals surface area contributed by atoms with Crippen LogP contribution in [-0.4, -0.2) is 36.1 Å². The monoisotopic (exact) mass is 291 g/mol. The Morgan fingerprint density at radius 3 is 3.15 bits per heavy atom. The van der Waals surface area contributed by atoms with Gasteiger partial charge in [0, 0.05) is 12.6 Å². The lowest BCUT2D eigenvalue weighted by atomic mass is 10.0. The highest BCUT2D eigenvalue weighted by atomic mass is 32.1. The van der Waals surface area contributed by atoms with Crippen molar-refractivity contribution in [2.24, 2.45) is 5.73 Å². The molecule has 1 aliphatic heterocycles. The topological polar surface area (TPSA) is 51.4 Å². The van der Waals surface area contributed by atoms with Crippen LogP contribution in [0.15, 0.2) is 18.2 Å². The van der Waals surface area contributed by atoms with E-state index in [-0.39, 0.29) is 0 Å². The van der Waals surface area contributed by atoms with Crippen LogP contribution in [0.5, 0.6) is 5.75 Å². The number of nitrogens with zero attached hydrogens (tertiary/aromatic N) is 2. The van der Waals surface area contributed by atoms with Gasteiger partial charge in [0.05, 0.1) is 23.9 Å². The molecule has 1 atom stereocenters. The Labute approximate surface area is 123 Å². The zero-order valence-electron chi connectivity index (χ0n) is 11.8. The average Bonchev–Trinajstić information content (AvgIpc) is 2.89. The lowest BCUT2D eigenvalue weighted by Crippen LogP contribution is -2.43. The number of aromatic nitrogens is 1. The molecule has 1 aromatic heterocycles. The molecule has 1 saturated heterocycles. The lowest BCUT2D eigenvalue weighted by Gasteiger charge is -2.34. The minimum absolute atomic E-state index is 0.519. The Morgan fingerprint density at radius 2 is 2.35 bits per heavy atom. The molecule has 2 N–H and O–H groups in total. The fourth-order valence-corrected chi connectivity index (χ4v) is 3.88. The fourth-order valence-electron chi connectivity index (χ4n) is 2.86. The first-order valence-electron chi connectivity index (χ1n) is 7.17. The van der Waals surface area contributed by atoms with Crippen LogP contribution in [0.2, 0.25) is 0 Å². The Kier molecular flexibility index (Phi) is 4.19. The second-order valence-electron chi connectivity index (χ2n) is 5.30. The van der Waals surface area contributed by atoms with E-state index in [1.807, 2.05) is 12.1 Å². The zero-order chi connectivity index (χ0) is 13.9. The number of hydrogen-bond acceptors (Lipinski definition) is 5. The maximum Gasteiger partial charge on any atom is 0.120 e. The van der Waals surface area contributed by atoms with Crippen molar-refractivity contribution in [3.05, 3.63) is 23.2 Å². The Bertz CT molecular complexity index is 584. The Balaban J connectivity index is 1.79. The van der Waals surface area contributed by atoms with Gasteiger partial charge in [-0.15, -0.1) is 11.3 Å². The number of methoxy groups -OCH3 is 1. The van der Waals surface area contributed by atoms with Crippen LogP contribution in [0.3, 0.4) is 0 Å². The van der Waals surface area contributed by atoms with Crippen LogP contribution in [-0.2, 0) is 6.54 Å². The number of benzene rings is 1. The molecule has 0 aliphatic carbocycles. The van der Waals surface area contributed by atoms with Crippen molar-refractivity contribution in [3.8, 4) is 5.75 Å². The standard InChI is InChI=1S/C15H21N3OS/c1-19-12-5-6-13-14(8-12)20-15(17-13)10-18-7-3-2-4-11(18)9-16/h5-6,8,11H,2-4,7,9-10,16H2,1H3. The molecule has 1 aliphatic rings. The van der Waals surface area contributed by atoms with Crippen LogP contribution in [0.1, 0.15) is 24.3 Å². The summed E-state index contributed by atoms with van der Waals surface area (Å²) in [6.45, 7) is 2.81. The van der Waals surface area contributed by atoms with Crippen molar-refractivity contribution in [1.29, 1.82) is 0 Å². The van der Waals surface area contributed by atoms with Gasteiger partial charge in [0.2, 0.25) is 0 Å². The van der Waals surface area contributed by atoms with Crippen LogP contribution in [0, 0.1) is 0 Å². The predicted molar refractivity (Wildman–Crippen MR) is 83.3 cm³/mol. The van der Waals surface area contributed by atoms with E-state index in [0.717, 1.165) is 30.9 Å². The van der Waals surface area contributed by atoms with Crippen molar-refractivity contribution < 1.29 is 4.74 Å². The summed E-state index contributed by atoms with van der Waals surface area (Å²) in [7, 11) is 1.70. The summed E-state index contributed by atoms with van der Waals surface area (Å²) in [5.41, 5.74) is 6.95. The SMILES string of the molecule is COc1ccc2nc(CN3CCCCC3CN)sc2c1. The van der Waals surface area contributed by atoms with E-state index in [0.29, 0.717) is 6.04 Å². The highest BCUT2D eigenvalue weighted by Gasteiger charge is 2.22. The molecular formula is C15H21N3OS. The molecule has 4 nitrogen and oxygen atoms in total. The molecule has 0 spiro atoms. The molecule has 1 fully saturated rings. The van der Waals surface area contributed by atoms with Crippen LogP contribution in [0.4, 0.5) is 0 Å². The zero-order valence-corrected chi connectivity index (χ0v) is 12.7. The minimum Gasteiger partial charge on any atom is -0.497 e. The normalized spacial score (nSPS) is 20.4. The van der Waals surface area contributed by atoms with E-state index in [9.17, 15) is 0 Å². The first kappa shape index (κ1) is 13.8. The maximum absolute atomic E-state index is 5.89. The fraction of sp³-hybridized carbons (Fsp3) is 0.533. The van der Waals surface area contributed by atoms with E-state index in [1.54, 1.807) is 18.4 Å². The van der Waals surface area contributed by atoms with Gasteiger partial charge in [-0.2, -0.15) is 0 Å². The molecule has 0 amide bonds. The number of hydrogen-bond donors (Lipinski definition) is 1. The summed E-state index contributed by atoms with van der Waals surface area (Å²) >= 11 is 1.76. The van der Waals surface area contributed by atoms with Gasteiger partial charge in [-0.25, -0.2) is 4.98 Å². The van der Waals surface area contributed by atoms with Gasteiger partial charge in [0.1, 0.15) is 10.8 Å². The second-order valence-corrected chi connectivity index (χ2v) is 6.41. The lowest BCUT2D eigenvalue weighted by molar-refractivity contribution is 0.145. The number of rotatable bonds is 4. The third-order valence-electron chi connectivity index (χ3n) is 4.00. The minimum atomic E-state index is 0.519. The predicted octanol–water partition coefficient (Wildman–Crippen LogP) is 2.62. The molecule has 3 rings (SSSR count). The molecule has 108 valence electrons. The summed E-state index contributed by atoms with van der Waals surface area (Å²) in [5, 5.41) is 1.17. The third kappa shape index (κ3) is 2.80. The molecule has 2 heterocycles. The van der Waals surface area contributed by atoms with E-state index in [4.69, 9.17) is 15.5 Å². The number of likely N-dealkylation sites (tertiary alicyclic amines) is 1. The van der Waals surface area contributed by atoms with Gasteiger partial charge in [-0.1, -0.05) is 6.42 Å². The molecular weight excluding hydrogens is 270 g/mol. The Hall–Kier alpha value is -1.17. The van der Waals surface area contributed by atoms with Crippen molar-refractivity contribution in [3.63, 3.8) is 0 Å². The Morgan fingerprint density at radius 1 is 1.45 bits per heavy atom. The summed E-state index contributed by atoms with van der Waals surface area (Å²) in [5.74, 6) is 0.894. The van der Waals surface area contributed by atoms with Gasteiger partial charge < -0.3 is 10.5 Å².